The molecule has 1 N–H and O–H groups in total. The normalized spacial score (nSPS) is 11.3. The molecule has 0 spiro atoms. The van der Waals surface area contributed by atoms with Crippen molar-refractivity contribution in [3.8, 4) is 11.4 Å². The molecule has 0 bridgehead atoms. The summed E-state index contributed by atoms with van der Waals surface area (Å²) in [5, 5.41) is 0.485. The number of imidazole rings is 1. The highest BCUT2D eigenvalue weighted by molar-refractivity contribution is 7.92. The quantitative estimate of drug-likeness (QED) is 0.706. The van der Waals surface area contributed by atoms with Gasteiger partial charge in [-0.1, -0.05) is 23.2 Å². The van der Waals surface area contributed by atoms with Crippen LogP contribution in [-0.2, 0) is 10.0 Å². The number of aromatic nitrogens is 2. The summed E-state index contributed by atoms with van der Waals surface area (Å²) in [6.07, 6.45) is 1.49. The van der Waals surface area contributed by atoms with Crippen molar-refractivity contribution in [1.29, 1.82) is 0 Å². The minimum atomic E-state index is -3.69. The van der Waals surface area contributed by atoms with Gasteiger partial charge in [-0.25, -0.2) is 13.4 Å². The Morgan fingerprint density at radius 2 is 1.68 bits per heavy atom. The van der Waals surface area contributed by atoms with Gasteiger partial charge in [0, 0.05) is 11.4 Å². The van der Waals surface area contributed by atoms with Gasteiger partial charge in [-0.3, -0.25) is 9.29 Å². The smallest absolute Gasteiger partial charge is 0.261 e. The zero-order valence-corrected chi connectivity index (χ0v) is 15.3. The molecule has 1 aromatic heterocycles. The van der Waals surface area contributed by atoms with Crippen molar-refractivity contribution < 1.29 is 13.2 Å². The number of ether oxygens (including phenoxy) is 1. The van der Waals surface area contributed by atoms with Crippen LogP contribution in [-0.4, -0.2) is 25.1 Å². The van der Waals surface area contributed by atoms with Crippen LogP contribution in [0.5, 0.6) is 5.75 Å². The van der Waals surface area contributed by atoms with Crippen molar-refractivity contribution in [2.75, 3.05) is 11.8 Å². The number of rotatable bonds is 5. The Kier molecular flexibility index (Phi) is 4.89. The SMILES string of the molecule is COc1ccc(S(=O)(=O)Nc2ccc(-n3cnc(Cl)c3Cl)cc2)cc1. The fourth-order valence-electron chi connectivity index (χ4n) is 2.15. The number of anilines is 1. The Morgan fingerprint density at radius 1 is 1.04 bits per heavy atom. The summed E-state index contributed by atoms with van der Waals surface area (Å²) in [4.78, 5) is 4.04. The van der Waals surface area contributed by atoms with E-state index in [0.717, 1.165) is 0 Å². The topological polar surface area (TPSA) is 73.2 Å². The lowest BCUT2D eigenvalue weighted by molar-refractivity contribution is 0.414. The second-order valence-corrected chi connectivity index (χ2v) is 7.42. The number of methoxy groups -OCH3 is 1. The fourth-order valence-corrected chi connectivity index (χ4v) is 3.53. The number of hydrogen-bond donors (Lipinski definition) is 1. The molecule has 9 heteroatoms. The molecule has 0 saturated carbocycles. The zero-order chi connectivity index (χ0) is 18.0. The number of benzene rings is 2. The van der Waals surface area contributed by atoms with E-state index >= 15 is 0 Å². The molecule has 0 aliphatic carbocycles. The summed E-state index contributed by atoms with van der Waals surface area (Å²) in [6.45, 7) is 0. The molecule has 130 valence electrons. The van der Waals surface area contributed by atoms with Gasteiger partial charge in [-0.05, 0) is 48.5 Å². The third-order valence-corrected chi connectivity index (χ3v) is 5.57. The van der Waals surface area contributed by atoms with Gasteiger partial charge in [0.05, 0.1) is 12.0 Å². The minimum Gasteiger partial charge on any atom is -0.497 e. The summed E-state index contributed by atoms with van der Waals surface area (Å²) in [5.41, 5.74) is 1.12. The van der Waals surface area contributed by atoms with Gasteiger partial charge < -0.3 is 4.74 Å². The van der Waals surface area contributed by atoms with Crippen LogP contribution in [0.25, 0.3) is 5.69 Å². The molecule has 0 aliphatic rings. The lowest BCUT2D eigenvalue weighted by atomic mass is 10.3. The first kappa shape index (κ1) is 17.6. The molecule has 0 aliphatic heterocycles. The van der Waals surface area contributed by atoms with E-state index in [1.54, 1.807) is 41.0 Å². The summed E-state index contributed by atoms with van der Waals surface area (Å²) in [7, 11) is -2.17. The number of halogens is 2. The van der Waals surface area contributed by atoms with E-state index in [-0.39, 0.29) is 15.2 Å². The van der Waals surface area contributed by atoms with Crippen molar-refractivity contribution in [3.05, 3.63) is 65.2 Å². The van der Waals surface area contributed by atoms with Gasteiger partial charge >= 0.3 is 0 Å². The third-order valence-electron chi connectivity index (χ3n) is 3.44. The predicted octanol–water partition coefficient (Wildman–Crippen LogP) is 3.99. The molecule has 3 rings (SSSR count). The standard InChI is InChI=1S/C16H13Cl2N3O3S/c1-24-13-6-8-14(9-7-13)25(22,23)20-11-2-4-12(5-3-11)21-10-19-15(17)16(21)18/h2-10,20H,1H3. The molecule has 1 heterocycles. The van der Waals surface area contributed by atoms with E-state index in [0.29, 0.717) is 17.1 Å². The number of hydrogen-bond acceptors (Lipinski definition) is 4. The maximum atomic E-state index is 12.4. The van der Waals surface area contributed by atoms with E-state index in [1.165, 1.54) is 25.6 Å². The zero-order valence-electron chi connectivity index (χ0n) is 13.0. The van der Waals surface area contributed by atoms with Gasteiger partial charge in [0.25, 0.3) is 10.0 Å². The average Bonchev–Trinajstić information content (AvgIpc) is 2.95. The predicted molar refractivity (Wildman–Crippen MR) is 97.4 cm³/mol. The van der Waals surface area contributed by atoms with E-state index in [9.17, 15) is 8.42 Å². The Morgan fingerprint density at radius 3 is 2.20 bits per heavy atom. The van der Waals surface area contributed by atoms with Crippen molar-refractivity contribution in [3.63, 3.8) is 0 Å². The highest BCUT2D eigenvalue weighted by Gasteiger charge is 2.14. The molecule has 3 aromatic rings. The summed E-state index contributed by atoms with van der Waals surface area (Å²) in [6, 6.07) is 12.8. The Bertz CT molecular complexity index is 984. The van der Waals surface area contributed by atoms with Crippen molar-refractivity contribution in [2.45, 2.75) is 4.90 Å². The summed E-state index contributed by atoms with van der Waals surface area (Å²) >= 11 is 11.9. The second kappa shape index (κ2) is 6.95. The third kappa shape index (κ3) is 3.73. The molecule has 0 saturated heterocycles. The van der Waals surface area contributed by atoms with Crippen LogP contribution >= 0.6 is 23.2 Å². The first-order valence-corrected chi connectivity index (χ1v) is 9.30. The van der Waals surface area contributed by atoms with Crippen LogP contribution < -0.4 is 9.46 Å². The number of sulfonamides is 1. The fraction of sp³-hybridized carbons (Fsp3) is 0.0625. The van der Waals surface area contributed by atoms with Crippen LogP contribution in [0.15, 0.2) is 59.8 Å². The highest BCUT2D eigenvalue weighted by atomic mass is 35.5. The van der Waals surface area contributed by atoms with Crippen molar-refractivity contribution in [2.24, 2.45) is 0 Å². The van der Waals surface area contributed by atoms with Gasteiger partial charge in [0.15, 0.2) is 10.3 Å². The Labute approximate surface area is 155 Å². The van der Waals surface area contributed by atoms with E-state index in [4.69, 9.17) is 27.9 Å². The van der Waals surface area contributed by atoms with E-state index in [2.05, 4.69) is 9.71 Å². The minimum absolute atomic E-state index is 0.141. The molecule has 6 nitrogen and oxygen atoms in total. The maximum Gasteiger partial charge on any atom is 0.261 e. The molecule has 0 fully saturated rings. The monoisotopic (exact) mass is 397 g/mol. The van der Waals surface area contributed by atoms with Crippen LogP contribution in [0.3, 0.4) is 0 Å². The molecular weight excluding hydrogens is 385 g/mol. The van der Waals surface area contributed by atoms with Crippen LogP contribution in [0.4, 0.5) is 5.69 Å². The van der Waals surface area contributed by atoms with Gasteiger partial charge in [-0.2, -0.15) is 0 Å². The summed E-state index contributed by atoms with van der Waals surface area (Å²) in [5.74, 6) is 0.583. The molecule has 0 unspecified atom stereocenters. The molecule has 0 atom stereocenters. The Balaban J connectivity index is 1.81. The molecule has 0 radical (unpaired) electrons. The van der Waals surface area contributed by atoms with Crippen molar-refractivity contribution in [1.82, 2.24) is 9.55 Å². The molecule has 0 amide bonds. The lowest BCUT2D eigenvalue weighted by Crippen LogP contribution is -2.12. The first-order chi connectivity index (χ1) is 11.9. The molecule has 2 aromatic carbocycles. The number of nitrogens with one attached hydrogen (secondary N) is 1. The van der Waals surface area contributed by atoms with Crippen LogP contribution in [0.2, 0.25) is 10.3 Å². The largest absolute Gasteiger partial charge is 0.497 e. The summed E-state index contributed by atoms with van der Waals surface area (Å²) < 4.78 is 33.9. The number of nitrogens with zero attached hydrogens (tertiary/aromatic N) is 2. The van der Waals surface area contributed by atoms with Gasteiger partial charge in [0.1, 0.15) is 12.1 Å². The maximum absolute atomic E-state index is 12.4. The van der Waals surface area contributed by atoms with E-state index in [1.807, 2.05) is 0 Å². The van der Waals surface area contributed by atoms with Gasteiger partial charge in [-0.15, -0.1) is 0 Å². The average molecular weight is 398 g/mol. The van der Waals surface area contributed by atoms with E-state index < -0.39 is 10.0 Å². The van der Waals surface area contributed by atoms with Gasteiger partial charge in [0.2, 0.25) is 0 Å². The van der Waals surface area contributed by atoms with Crippen LogP contribution in [0.1, 0.15) is 0 Å². The first-order valence-electron chi connectivity index (χ1n) is 7.06. The van der Waals surface area contributed by atoms with Crippen LogP contribution in [0, 0.1) is 0 Å². The Hall–Kier alpha value is -2.22. The second-order valence-electron chi connectivity index (χ2n) is 5.02. The molecular formula is C16H13Cl2N3O3S. The highest BCUT2D eigenvalue weighted by Crippen LogP contribution is 2.25. The lowest BCUT2D eigenvalue weighted by Gasteiger charge is -2.10. The molecule has 25 heavy (non-hydrogen) atoms. The van der Waals surface area contributed by atoms with Crippen molar-refractivity contribution >= 4 is 38.9 Å².